The van der Waals surface area contributed by atoms with Crippen LogP contribution in [0.4, 0.5) is 0 Å². The molecular weight excluding hydrogens is 178 g/mol. The molecule has 0 radical (unpaired) electrons. The van der Waals surface area contributed by atoms with Crippen LogP contribution in [-0.4, -0.2) is 21.3 Å². The van der Waals surface area contributed by atoms with Gasteiger partial charge in [-0.25, -0.2) is 0 Å². The molecule has 0 aliphatic rings. The molecule has 1 N–H and O–H groups in total. The fourth-order valence-corrected chi connectivity index (χ4v) is 1.50. The Hall–Kier alpha value is -1.06. The van der Waals surface area contributed by atoms with E-state index in [0.717, 1.165) is 23.4 Å². The summed E-state index contributed by atoms with van der Waals surface area (Å²) in [7, 11) is 5.29. The highest BCUT2D eigenvalue weighted by atomic mass is 16.5. The molecule has 0 saturated heterocycles. The average Bonchev–Trinajstić information content (AvgIpc) is 2.19. The quantitative estimate of drug-likeness (QED) is 0.773. The molecule has 0 atom stereocenters. The molecule has 1 aromatic rings. The summed E-state index contributed by atoms with van der Waals surface area (Å²) in [6.45, 7) is 1.39. The number of benzene rings is 1. The molecule has 0 bridgehead atoms. The van der Waals surface area contributed by atoms with Crippen molar-refractivity contribution >= 4 is 0 Å². The number of ether oxygens (including phenoxy) is 2. The predicted molar refractivity (Wildman–Crippen MR) is 56.5 cm³/mol. The molecule has 0 spiro atoms. The Morgan fingerprint density at radius 3 is 2.50 bits per heavy atom. The molecule has 0 aromatic heterocycles. The molecule has 1 rings (SSSR count). The lowest BCUT2D eigenvalue weighted by Gasteiger charge is -2.12. The number of hydrogen-bond acceptors (Lipinski definition) is 3. The lowest BCUT2D eigenvalue weighted by molar-refractivity contribution is 0.181. The van der Waals surface area contributed by atoms with Crippen molar-refractivity contribution in [2.45, 2.75) is 13.2 Å². The Kier molecular flexibility index (Phi) is 4.43. The van der Waals surface area contributed by atoms with Crippen molar-refractivity contribution in [1.82, 2.24) is 5.32 Å². The van der Waals surface area contributed by atoms with E-state index < -0.39 is 0 Å². The fourth-order valence-electron chi connectivity index (χ4n) is 1.50. The van der Waals surface area contributed by atoms with E-state index in [2.05, 4.69) is 11.4 Å². The molecule has 0 amide bonds. The van der Waals surface area contributed by atoms with Crippen LogP contribution in [-0.2, 0) is 17.9 Å². The van der Waals surface area contributed by atoms with Gasteiger partial charge in [0.25, 0.3) is 0 Å². The Morgan fingerprint density at radius 2 is 1.93 bits per heavy atom. The summed E-state index contributed by atoms with van der Waals surface area (Å²) in [5, 5.41) is 3.11. The lowest BCUT2D eigenvalue weighted by atomic mass is 10.1. The van der Waals surface area contributed by atoms with Crippen LogP contribution in [0, 0.1) is 0 Å². The van der Waals surface area contributed by atoms with E-state index in [1.54, 1.807) is 14.2 Å². The second-order valence-electron chi connectivity index (χ2n) is 3.07. The van der Waals surface area contributed by atoms with Gasteiger partial charge in [0.2, 0.25) is 0 Å². The summed E-state index contributed by atoms with van der Waals surface area (Å²) in [4.78, 5) is 0. The molecule has 0 aliphatic heterocycles. The molecule has 1 aromatic carbocycles. The highest BCUT2D eigenvalue weighted by molar-refractivity contribution is 5.41. The first kappa shape index (κ1) is 11.0. The molecule has 0 unspecified atom stereocenters. The van der Waals surface area contributed by atoms with Crippen molar-refractivity contribution in [2.24, 2.45) is 0 Å². The van der Waals surface area contributed by atoms with E-state index in [1.807, 2.05) is 19.2 Å². The van der Waals surface area contributed by atoms with E-state index in [4.69, 9.17) is 9.47 Å². The maximum absolute atomic E-state index is 5.36. The van der Waals surface area contributed by atoms with Gasteiger partial charge in [-0.15, -0.1) is 0 Å². The number of hydrogen-bond donors (Lipinski definition) is 1. The monoisotopic (exact) mass is 195 g/mol. The van der Waals surface area contributed by atoms with E-state index in [9.17, 15) is 0 Å². The van der Waals surface area contributed by atoms with Gasteiger partial charge in [-0.1, -0.05) is 18.2 Å². The average molecular weight is 195 g/mol. The van der Waals surface area contributed by atoms with Gasteiger partial charge in [-0.3, -0.25) is 0 Å². The second kappa shape index (κ2) is 5.62. The number of para-hydroxylation sites is 1. The van der Waals surface area contributed by atoms with Gasteiger partial charge in [-0.2, -0.15) is 0 Å². The van der Waals surface area contributed by atoms with Crippen molar-refractivity contribution in [1.29, 1.82) is 0 Å². The molecule has 0 fully saturated rings. The van der Waals surface area contributed by atoms with Gasteiger partial charge in [0.05, 0.1) is 13.7 Å². The first-order chi connectivity index (χ1) is 6.83. The zero-order valence-electron chi connectivity index (χ0n) is 8.96. The minimum Gasteiger partial charge on any atom is -0.496 e. The second-order valence-corrected chi connectivity index (χ2v) is 3.07. The Balaban J connectivity index is 2.98. The SMILES string of the molecule is CNCc1cccc(COC)c1OC. The summed E-state index contributed by atoms with van der Waals surface area (Å²) in [5.41, 5.74) is 2.24. The van der Waals surface area contributed by atoms with Crippen LogP contribution in [0.5, 0.6) is 5.75 Å². The van der Waals surface area contributed by atoms with Gasteiger partial charge in [-0.05, 0) is 7.05 Å². The normalized spacial score (nSPS) is 10.2. The van der Waals surface area contributed by atoms with E-state index in [-0.39, 0.29) is 0 Å². The Labute approximate surface area is 85.0 Å². The molecular formula is C11H17NO2. The standard InChI is InChI=1S/C11H17NO2/c1-12-7-9-5-4-6-10(8-13-2)11(9)14-3/h4-6,12H,7-8H2,1-3H3. The minimum atomic E-state index is 0.584. The van der Waals surface area contributed by atoms with Crippen LogP contribution in [0.25, 0.3) is 0 Å². The summed E-state index contributed by atoms with van der Waals surface area (Å²) < 4.78 is 10.5. The fraction of sp³-hybridized carbons (Fsp3) is 0.455. The maximum Gasteiger partial charge on any atom is 0.128 e. The molecule has 0 saturated carbocycles. The third kappa shape index (κ3) is 2.47. The van der Waals surface area contributed by atoms with Crippen molar-refractivity contribution in [3.8, 4) is 5.75 Å². The summed E-state index contributed by atoms with van der Waals surface area (Å²) >= 11 is 0. The molecule has 14 heavy (non-hydrogen) atoms. The van der Waals surface area contributed by atoms with Gasteiger partial charge < -0.3 is 14.8 Å². The van der Waals surface area contributed by atoms with Gasteiger partial charge in [0.1, 0.15) is 5.75 Å². The van der Waals surface area contributed by atoms with E-state index in [1.165, 1.54) is 0 Å². The summed E-state index contributed by atoms with van der Waals surface area (Å²) in [6, 6.07) is 6.08. The molecule has 3 nitrogen and oxygen atoms in total. The van der Waals surface area contributed by atoms with Gasteiger partial charge >= 0.3 is 0 Å². The largest absolute Gasteiger partial charge is 0.496 e. The third-order valence-corrected chi connectivity index (χ3v) is 2.05. The smallest absolute Gasteiger partial charge is 0.128 e. The highest BCUT2D eigenvalue weighted by Gasteiger charge is 2.07. The first-order valence-corrected chi connectivity index (χ1v) is 4.61. The zero-order chi connectivity index (χ0) is 10.4. The highest BCUT2D eigenvalue weighted by Crippen LogP contribution is 2.24. The number of methoxy groups -OCH3 is 2. The van der Waals surface area contributed by atoms with Gasteiger partial charge in [0, 0.05) is 24.8 Å². The Morgan fingerprint density at radius 1 is 1.21 bits per heavy atom. The van der Waals surface area contributed by atoms with Crippen LogP contribution < -0.4 is 10.1 Å². The van der Waals surface area contributed by atoms with E-state index >= 15 is 0 Å². The number of nitrogens with one attached hydrogen (secondary N) is 1. The molecule has 78 valence electrons. The lowest BCUT2D eigenvalue weighted by Crippen LogP contribution is -2.08. The summed E-state index contributed by atoms with van der Waals surface area (Å²) in [6.07, 6.45) is 0. The Bertz CT molecular complexity index is 262. The van der Waals surface area contributed by atoms with Crippen LogP contribution in [0.3, 0.4) is 0 Å². The van der Waals surface area contributed by atoms with Crippen molar-refractivity contribution in [2.75, 3.05) is 21.3 Å². The van der Waals surface area contributed by atoms with Crippen molar-refractivity contribution in [3.05, 3.63) is 29.3 Å². The summed E-state index contributed by atoms with van der Waals surface area (Å²) in [5.74, 6) is 0.920. The minimum absolute atomic E-state index is 0.584. The van der Waals surface area contributed by atoms with Crippen LogP contribution in [0.2, 0.25) is 0 Å². The third-order valence-electron chi connectivity index (χ3n) is 2.05. The molecule has 0 aliphatic carbocycles. The maximum atomic E-state index is 5.36. The van der Waals surface area contributed by atoms with Gasteiger partial charge in [0.15, 0.2) is 0 Å². The van der Waals surface area contributed by atoms with Crippen LogP contribution in [0.15, 0.2) is 18.2 Å². The van der Waals surface area contributed by atoms with E-state index in [0.29, 0.717) is 6.61 Å². The predicted octanol–water partition coefficient (Wildman–Crippen LogP) is 1.56. The van der Waals surface area contributed by atoms with Crippen LogP contribution in [0.1, 0.15) is 11.1 Å². The molecule has 3 heteroatoms. The zero-order valence-corrected chi connectivity index (χ0v) is 8.96. The van der Waals surface area contributed by atoms with Crippen molar-refractivity contribution < 1.29 is 9.47 Å². The van der Waals surface area contributed by atoms with Crippen molar-refractivity contribution in [3.63, 3.8) is 0 Å². The molecule has 0 heterocycles. The first-order valence-electron chi connectivity index (χ1n) is 4.61. The topological polar surface area (TPSA) is 30.5 Å². The number of rotatable bonds is 5. The van der Waals surface area contributed by atoms with Crippen LogP contribution >= 0.6 is 0 Å².